The van der Waals surface area contributed by atoms with Crippen molar-refractivity contribution in [2.24, 2.45) is 0 Å². The zero-order valence-electron chi connectivity index (χ0n) is 12.1. The van der Waals surface area contributed by atoms with Gasteiger partial charge in [0, 0.05) is 4.75 Å². The maximum atomic E-state index is 12.2. The lowest BCUT2D eigenvalue weighted by Gasteiger charge is -2.26. The van der Waals surface area contributed by atoms with Crippen LogP contribution in [0.4, 0.5) is 0 Å². The molecule has 0 aliphatic carbocycles. The normalized spacial score (nSPS) is 13.1. The summed E-state index contributed by atoms with van der Waals surface area (Å²) in [4.78, 5) is 17.4. The van der Waals surface area contributed by atoms with E-state index >= 15 is 0 Å². The Labute approximate surface area is 132 Å². The molecule has 0 saturated carbocycles. The van der Waals surface area contributed by atoms with Crippen molar-refractivity contribution in [3.8, 4) is 5.88 Å². The molecule has 3 N–H and O–H groups in total. The Balaban J connectivity index is 2.61. The third-order valence-electron chi connectivity index (χ3n) is 2.79. The zero-order chi connectivity index (χ0) is 15.6. The summed E-state index contributed by atoms with van der Waals surface area (Å²) in [5.74, 6) is -0.172. The number of aromatic hydroxyl groups is 1. The summed E-state index contributed by atoms with van der Waals surface area (Å²) >= 11 is 6.49. The molecule has 6 heteroatoms. The molecule has 0 spiro atoms. The molecule has 1 aromatic heterocycles. The molecule has 0 fully saturated rings. The average molecular weight is 322 g/mol. The van der Waals surface area contributed by atoms with Crippen molar-refractivity contribution in [3.05, 3.63) is 56.6 Å². The van der Waals surface area contributed by atoms with Gasteiger partial charge < -0.3 is 10.1 Å². The SMILES string of the molecule is CC(C)(C)S[C@H](c1ccccc1)c1c(O)[nH]c(=S)[nH]c1=O. The Morgan fingerprint density at radius 1 is 1.19 bits per heavy atom. The Kier molecular flexibility index (Phi) is 4.58. The molecule has 112 valence electrons. The van der Waals surface area contributed by atoms with Gasteiger partial charge in [-0.1, -0.05) is 51.1 Å². The molecule has 0 unspecified atom stereocenters. The van der Waals surface area contributed by atoms with E-state index < -0.39 is 0 Å². The number of benzene rings is 1. The van der Waals surface area contributed by atoms with Crippen LogP contribution in [0.1, 0.15) is 37.1 Å². The summed E-state index contributed by atoms with van der Waals surface area (Å²) in [6.07, 6.45) is 0. The number of H-pyrrole nitrogens is 2. The first-order chi connectivity index (χ1) is 9.78. The van der Waals surface area contributed by atoms with Gasteiger partial charge in [-0.15, -0.1) is 11.8 Å². The van der Waals surface area contributed by atoms with Gasteiger partial charge in [0.15, 0.2) is 4.77 Å². The molecule has 0 aliphatic rings. The van der Waals surface area contributed by atoms with Crippen LogP contribution in [0.15, 0.2) is 35.1 Å². The van der Waals surface area contributed by atoms with Crippen LogP contribution in [0.5, 0.6) is 5.88 Å². The second kappa shape index (κ2) is 6.07. The number of aromatic amines is 2. The van der Waals surface area contributed by atoms with E-state index in [-0.39, 0.29) is 26.2 Å². The molecule has 0 bridgehead atoms. The molecule has 0 amide bonds. The van der Waals surface area contributed by atoms with Crippen molar-refractivity contribution in [1.82, 2.24) is 9.97 Å². The van der Waals surface area contributed by atoms with Crippen LogP contribution in [-0.2, 0) is 0 Å². The summed E-state index contributed by atoms with van der Waals surface area (Å²) in [6.45, 7) is 6.22. The van der Waals surface area contributed by atoms with Crippen LogP contribution in [-0.4, -0.2) is 19.8 Å². The molecule has 1 aromatic carbocycles. The Bertz CT molecular complexity index is 730. The molecule has 0 radical (unpaired) electrons. The molecule has 1 heterocycles. The minimum atomic E-state index is -0.359. The van der Waals surface area contributed by atoms with E-state index in [9.17, 15) is 9.90 Å². The number of hydrogen-bond acceptors (Lipinski definition) is 4. The van der Waals surface area contributed by atoms with Gasteiger partial charge in [0.05, 0.1) is 10.8 Å². The Morgan fingerprint density at radius 2 is 1.81 bits per heavy atom. The van der Waals surface area contributed by atoms with Crippen LogP contribution in [0.2, 0.25) is 0 Å². The van der Waals surface area contributed by atoms with E-state index in [2.05, 4.69) is 30.7 Å². The second-order valence-corrected chi connectivity index (χ2v) is 8.03. The molecule has 2 rings (SSSR count). The van der Waals surface area contributed by atoms with Crippen LogP contribution in [0.3, 0.4) is 0 Å². The molecule has 0 saturated heterocycles. The van der Waals surface area contributed by atoms with Gasteiger partial charge in [0.25, 0.3) is 5.56 Å². The van der Waals surface area contributed by atoms with Gasteiger partial charge in [0.1, 0.15) is 0 Å². The lowest BCUT2D eigenvalue weighted by Crippen LogP contribution is -2.20. The van der Waals surface area contributed by atoms with E-state index in [0.29, 0.717) is 5.56 Å². The van der Waals surface area contributed by atoms with Gasteiger partial charge in [-0.05, 0) is 17.8 Å². The molecular weight excluding hydrogens is 304 g/mol. The van der Waals surface area contributed by atoms with E-state index in [0.717, 1.165) is 5.56 Å². The van der Waals surface area contributed by atoms with Gasteiger partial charge in [-0.2, -0.15) is 0 Å². The van der Waals surface area contributed by atoms with Crippen LogP contribution < -0.4 is 5.56 Å². The topological polar surface area (TPSA) is 68.9 Å². The summed E-state index contributed by atoms with van der Waals surface area (Å²) in [7, 11) is 0. The standard InChI is InChI=1S/C15H18N2O2S2/c1-15(2,3)21-11(9-7-5-4-6-8-9)10-12(18)16-14(20)17-13(10)19/h4-8,11H,1-3H3,(H3,16,17,18,19,20)/t11-/m1/s1. The third kappa shape index (κ3) is 3.98. The van der Waals surface area contributed by atoms with E-state index in [1.807, 2.05) is 30.3 Å². The smallest absolute Gasteiger partial charge is 0.260 e. The Morgan fingerprint density at radius 3 is 2.33 bits per heavy atom. The average Bonchev–Trinajstić information content (AvgIpc) is 2.36. The molecule has 0 aliphatic heterocycles. The minimum Gasteiger partial charge on any atom is -0.494 e. The largest absolute Gasteiger partial charge is 0.494 e. The highest BCUT2D eigenvalue weighted by molar-refractivity contribution is 8.01. The molecule has 4 nitrogen and oxygen atoms in total. The highest BCUT2D eigenvalue weighted by Crippen LogP contribution is 2.43. The minimum absolute atomic E-state index is 0.0774. The predicted molar refractivity (Wildman–Crippen MR) is 89.5 cm³/mol. The summed E-state index contributed by atoms with van der Waals surface area (Å²) in [5.41, 5.74) is 0.903. The first-order valence-corrected chi connectivity index (χ1v) is 7.85. The fraction of sp³-hybridized carbons (Fsp3) is 0.333. The lowest BCUT2D eigenvalue weighted by molar-refractivity contribution is 0.442. The summed E-state index contributed by atoms with van der Waals surface area (Å²) < 4.78 is 0.0419. The number of rotatable bonds is 3. The summed E-state index contributed by atoms with van der Waals surface area (Å²) in [6, 6.07) is 9.66. The second-order valence-electron chi connectivity index (χ2n) is 5.69. The first-order valence-electron chi connectivity index (χ1n) is 6.56. The number of thioether (sulfide) groups is 1. The predicted octanol–water partition coefficient (Wildman–Crippen LogP) is 3.76. The molecule has 1 atom stereocenters. The van der Waals surface area contributed by atoms with Crippen LogP contribution >= 0.6 is 24.0 Å². The quantitative estimate of drug-likeness (QED) is 0.753. The first kappa shape index (κ1) is 15.9. The number of aromatic nitrogens is 2. The molecular formula is C15H18N2O2S2. The zero-order valence-corrected chi connectivity index (χ0v) is 13.8. The van der Waals surface area contributed by atoms with E-state index in [1.54, 1.807) is 11.8 Å². The van der Waals surface area contributed by atoms with Crippen LogP contribution in [0.25, 0.3) is 0 Å². The third-order valence-corrected chi connectivity index (χ3v) is 4.45. The van der Waals surface area contributed by atoms with Crippen molar-refractivity contribution in [3.63, 3.8) is 0 Å². The maximum absolute atomic E-state index is 12.2. The maximum Gasteiger partial charge on any atom is 0.260 e. The highest BCUT2D eigenvalue weighted by Gasteiger charge is 2.27. The van der Waals surface area contributed by atoms with Crippen molar-refractivity contribution >= 4 is 24.0 Å². The summed E-state index contributed by atoms with van der Waals surface area (Å²) in [5, 5.41) is 9.87. The van der Waals surface area contributed by atoms with E-state index in [4.69, 9.17) is 12.2 Å². The van der Waals surface area contributed by atoms with Gasteiger partial charge in [-0.3, -0.25) is 9.78 Å². The van der Waals surface area contributed by atoms with Crippen LogP contribution in [0, 0.1) is 4.77 Å². The highest BCUT2D eigenvalue weighted by atomic mass is 32.2. The fourth-order valence-corrected chi connectivity index (χ4v) is 3.53. The number of hydrogen-bond donors (Lipinski definition) is 3. The van der Waals surface area contributed by atoms with Crippen molar-refractivity contribution < 1.29 is 5.11 Å². The monoisotopic (exact) mass is 322 g/mol. The van der Waals surface area contributed by atoms with Crippen molar-refractivity contribution in [2.45, 2.75) is 30.8 Å². The van der Waals surface area contributed by atoms with E-state index in [1.165, 1.54) is 0 Å². The van der Waals surface area contributed by atoms with Crippen molar-refractivity contribution in [2.75, 3.05) is 0 Å². The Hall–Kier alpha value is -1.53. The van der Waals surface area contributed by atoms with Gasteiger partial charge in [-0.25, -0.2) is 0 Å². The molecule has 21 heavy (non-hydrogen) atoms. The fourth-order valence-electron chi connectivity index (χ4n) is 2.00. The van der Waals surface area contributed by atoms with Crippen molar-refractivity contribution in [1.29, 1.82) is 0 Å². The van der Waals surface area contributed by atoms with Gasteiger partial charge >= 0.3 is 0 Å². The lowest BCUT2D eigenvalue weighted by atomic mass is 10.1. The molecule has 2 aromatic rings. The number of nitrogens with one attached hydrogen (secondary N) is 2. The van der Waals surface area contributed by atoms with Gasteiger partial charge in [0.2, 0.25) is 5.88 Å².